The average molecular weight is 276 g/mol. The fourth-order valence-corrected chi connectivity index (χ4v) is 2.74. The summed E-state index contributed by atoms with van der Waals surface area (Å²) in [7, 11) is -3.19. The van der Waals surface area contributed by atoms with Gasteiger partial charge in [0, 0.05) is 0 Å². The molecule has 0 saturated heterocycles. The number of aliphatic hydroxyl groups excluding tert-OH is 1. The first kappa shape index (κ1) is 13.8. The van der Waals surface area contributed by atoms with Gasteiger partial charge in [0.15, 0.2) is 9.84 Å². The minimum absolute atomic E-state index is 0.0770. The molecule has 0 fully saturated rings. The van der Waals surface area contributed by atoms with Crippen LogP contribution in [0, 0.1) is 0 Å². The molecule has 0 aromatic heterocycles. The number of rotatable bonds is 4. The molecule has 1 N–H and O–H groups in total. The Kier molecular flexibility index (Phi) is 4.02. The third-order valence-electron chi connectivity index (χ3n) is 3.05. The van der Waals surface area contributed by atoms with Crippen molar-refractivity contribution in [1.29, 1.82) is 0 Å². The Labute approximate surface area is 113 Å². The number of aliphatic hydroxyl groups is 1. The molecule has 3 nitrogen and oxygen atoms in total. The van der Waals surface area contributed by atoms with Crippen molar-refractivity contribution in [3.63, 3.8) is 0 Å². The molecule has 0 aliphatic heterocycles. The lowest BCUT2D eigenvalue weighted by atomic mass is 10.0. The molecule has 1 atom stereocenters. The van der Waals surface area contributed by atoms with Gasteiger partial charge in [0.25, 0.3) is 0 Å². The van der Waals surface area contributed by atoms with E-state index in [4.69, 9.17) is 0 Å². The van der Waals surface area contributed by atoms with Gasteiger partial charge in [-0.25, -0.2) is 8.42 Å². The zero-order valence-electron chi connectivity index (χ0n) is 10.7. The third-order valence-corrected chi connectivity index (χ3v) is 4.80. The molecule has 0 bridgehead atoms. The number of hydrogen-bond donors (Lipinski definition) is 1. The molecule has 0 amide bonds. The van der Waals surface area contributed by atoms with Crippen molar-refractivity contribution in [2.24, 2.45) is 0 Å². The van der Waals surface area contributed by atoms with E-state index in [0.29, 0.717) is 10.5 Å². The second kappa shape index (κ2) is 5.55. The molecule has 0 aliphatic rings. The van der Waals surface area contributed by atoms with Crippen LogP contribution < -0.4 is 0 Å². The van der Waals surface area contributed by atoms with Gasteiger partial charge in [-0.1, -0.05) is 49.4 Å². The monoisotopic (exact) mass is 276 g/mol. The largest absolute Gasteiger partial charge is 0.384 e. The smallest absolute Gasteiger partial charge is 0.178 e. The van der Waals surface area contributed by atoms with E-state index < -0.39 is 15.9 Å². The molecule has 0 unspecified atom stereocenters. The summed E-state index contributed by atoms with van der Waals surface area (Å²) in [5, 5.41) is 10.2. The van der Waals surface area contributed by atoms with Crippen LogP contribution >= 0.6 is 0 Å². The lowest BCUT2D eigenvalue weighted by Crippen LogP contribution is -2.05. The van der Waals surface area contributed by atoms with Crippen LogP contribution in [-0.2, 0) is 9.84 Å². The fourth-order valence-electron chi connectivity index (χ4n) is 1.85. The minimum Gasteiger partial charge on any atom is -0.384 e. The molecular weight excluding hydrogens is 260 g/mol. The van der Waals surface area contributed by atoms with Crippen LogP contribution in [-0.4, -0.2) is 19.3 Å². The molecule has 2 aromatic carbocycles. The van der Waals surface area contributed by atoms with Gasteiger partial charge in [0.05, 0.1) is 10.6 Å². The van der Waals surface area contributed by atoms with Crippen molar-refractivity contribution >= 4 is 9.84 Å². The minimum atomic E-state index is -3.19. The summed E-state index contributed by atoms with van der Waals surface area (Å²) in [4.78, 5) is 0.291. The molecule has 0 saturated carbocycles. The Morgan fingerprint density at radius 3 is 2.00 bits per heavy atom. The van der Waals surface area contributed by atoms with E-state index in [0.717, 1.165) is 5.56 Å². The molecule has 19 heavy (non-hydrogen) atoms. The molecule has 0 aliphatic carbocycles. The van der Waals surface area contributed by atoms with Gasteiger partial charge in [0.2, 0.25) is 0 Å². The van der Waals surface area contributed by atoms with Crippen LogP contribution in [0.25, 0.3) is 0 Å². The van der Waals surface area contributed by atoms with Gasteiger partial charge in [-0.15, -0.1) is 0 Å². The Morgan fingerprint density at radius 1 is 0.947 bits per heavy atom. The van der Waals surface area contributed by atoms with E-state index >= 15 is 0 Å². The summed E-state index contributed by atoms with van der Waals surface area (Å²) in [6, 6.07) is 15.7. The first-order chi connectivity index (χ1) is 9.04. The van der Waals surface area contributed by atoms with E-state index in [9.17, 15) is 13.5 Å². The Bertz CT molecular complexity index is 631. The molecular formula is C15H16O3S. The molecule has 100 valence electrons. The molecule has 2 aromatic rings. The zero-order valence-corrected chi connectivity index (χ0v) is 11.5. The van der Waals surface area contributed by atoms with Crippen molar-refractivity contribution in [2.45, 2.75) is 17.9 Å². The predicted octanol–water partition coefficient (Wildman–Crippen LogP) is 2.56. The lowest BCUT2D eigenvalue weighted by molar-refractivity contribution is 0.220. The van der Waals surface area contributed by atoms with Crippen LogP contribution in [0.1, 0.15) is 24.2 Å². The van der Waals surface area contributed by atoms with Crippen LogP contribution in [0.4, 0.5) is 0 Å². The maximum absolute atomic E-state index is 11.7. The average Bonchev–Trinajstić information content (AvgIpc) is 2.47. The van der Waals surface area contributed by atoms with Gasteiger partial charge in [-0.2, -0.15) is 0 Å². The van der Waals surface area contributed by atoms with E-state index in [1.54, 1.807) is 31.2 Å². The van der Waals surface area contributed by atoms with Gasteiger partial charge in [-0.05, 0) is 23.3 Å². The predicted molar refractivity (Wildman–Crippen MR) is 74.7 cm³/mol. The van der Waals surface area contributed by atoms with Crippen LogP contribution in [0.3, 0.4) is 0 Å². The normalized spacial score (nSPS) is 13.2. The highest BCUT2D eigenvalue weighted by atomic mass is 32.2. The Balaban J connectivity index is 2.29. The van der Waals surface area contributed by atoms with Crippen molar-refractivity contribution in [3.05, 3.63) is 65.7 Å². The van der Waals surface area contributed by atoms with Gasteiger partial charge in [-0.3, -0.25) is 0 Å². The van der Waals surface area contributed by atoms with Crippen molar-refractivity contribution in [2.75, 3.05) is 5.75 Å². The maximum atomic E-state index is 11.7. The number of sulfone groups is 1. The molecule has 0 heterocycles. The van der Waals surface area contributed by atoms with Crippen LogP contribution in [0.2, 0.25) is 0 Å². The SMILES string of the molecule is CCS(=O)(=O)c1ccc([C@@H](O)c2ccccc2)cc1. The lowest BCUT2D eigenvalue weighted by Gasteiger charge is -2.12. The number of hydrogen-bond acceptors (Lipinski definition) is 3. The third kappa shape index (κ3) is 3.03. The Morgan fingerprint density at radius 2 is 1.47 bits per heavy atom. The first-order valence-electron chi connectivity index (χ1n) is 6.10. The summed E-state index contributed by atoms with van der Waals surface area (Å²) >= 11 is 0. The van der Waals surface area contributed by atoms with Gasteiger partial charge < -0.3 is 5.11 Å². The maximum Gasteiger partial charge on any atom is 0.178 e. The molecule has 0 spiro atoms. The highest BCUT2D eigenvalue weighted by molar-refractivity contribution is 7.91. The second-order valence-electron chi connectivity index (χ2n) is 4.29. The van der Waals surface area contributed by atoms with E-state index in [1.165, 1.54) is 0 Å². The van der Waals surface area contributed by atoms with E-state index in [1.807, 2.05) is 30.3 Å². The van der Waals surface area contributed by atoms with Crippen molar-refractivity contribution < 1.29 is 13.5 Å². The summed E-state index contributed by atoms with van der Waals surface area (Å²) in [5.74, 6) is 0.0770. The quantitative estimate of drug-likeness (QED) is 0.933. The molecule has 4 heteroatoms. The van der Waals surface area contributed by atoms with E-state index in [2.05, 4.69) is 0 Å². The molecule has 2 rings (SSSR count). The van der Waals surface area contributed by atoms with Crippen LogP contribution in [0.5, 0.6) is 0 Å². The van der Waals surface area contributed by atoms with Crippen LogP contribution in [0.15, 0.2) is 59.5 Å². The summed E-state index contributed by atoms with van der Waals surface area (Å²) in [6.07, 6.45) is -0.736. The standard InChI is InChI=1S/C15H16O3S/c1-2-19(17,18)14-10-8-13(9-11-14)15(16)12-6-4-3-5-7-12/h3-11,15-16H,2H2,1H3/t15-/m0/s1. The first-order valence-corrected chi connectivity index (χ1v) is 7.75. The second-order valence-corrected chi connectivity index (χ2v) is 6.56. The summed E-state index contributed by atoms with van der Waals surface area (Å²) in [5.41, 5.74) is 1.47. The zero-order chi connectivity index (χ0) is 13.9. The van der Waals surface area contributed by atoms with Gasteiger partial charge >= 0.3 is 0 Å². The topological polar surface area (TPSA) is 54.4 Å². The van der Waals surface area contributed by atoms with Gasteiger partial charge in [0.1, 0.15) is 6.10 Å². The van der Waals surface area contributed by atoms with Crippen molar-refractivity contribution in [3.8, 4) is 0 Å². The molecule has 0 radical (unpaired) electrons. The summed E-state index contributed by atoms with van der Waals surface area (Å²) < 4.78 is 23.4. The van der Waals surface area contributed by atoms with E-state index in [-0.39, 0.29) is 5.75 Å². The highest BCUT2D eigenvalue weighted by Crippen LogP contribution is 2.23. The summed E-state index contributed by atoms with van der Waals surface area (Å²) in [6.45, 7) is 1.61. The van der Waals surface area contributed by atoms with Crippen molar-refractivity contribution in [1.82, 2.24) is 0 Å². The number of benzene rings is 2. The fraction of sp³-hybridized carbons (Fsp3) is 0.200. The Hall–Kier alpha value is -1.65. The highest BCUT2D eigenvalue weighted by Gasteiger charge is 2.14.